The molecule has 1 fully saturated rings. The quantitative estimate of drug-likeness (QED) is 0.812. The standard InChI is InChI=1S/C17H22F3N3O2S/c1-11(15(25)21-8-9-22(2)3)23-14(24)10-26-16(23)12-4-6-13(7-5-12)17(18,19)20/h4-7,11,16H,8-10H2,1-3H3,(H,21,25)/t11-,16+/m0/s1. The van der Waals surface area contributed by atoms with Crippen LogP contribution in [0.25, 0.3) is 0 Å². The van der Waals surface area contributed by atoms with Gasteiger partial charge in [0.1, 0.15) is 11.4 Å². The molecule has 0 saturated carbocycles. The minimum atomic E-state index is -4.41. The largest absolute Gasteiger partial charge is 0.416 e. The van der Waals surface area contributed by atoms with Crippen LogP contribution in [0.2, 0.25) is 0 Å². The first-order valence-electron chi connectivity index (χ1n) is 8.13. The van der Waals surface area contributed by atoms with Gasteiger partial charge < -0.3 is 15.1 Å². The molecule has 0 bridgehead atoms. The molecule has 1 heterocycles. The van der Waals surface area contributed by atoms with Crippen LogP contribution in [0.1, 0.15) is 23.4 Å². The van der Waals surface area contributed by atoms with E-state index in [4.69, 9.17) is 0 Å². The van der Waals surface area contributed by atoms with Crippen LogP contribution < -0.4 is 5.32 Å². The topological polar surface area (TPSA) is 52.7 Å². The maximum Gasteiger partial charge on any atom is 0.416 e. The number of carbonyl (C=O) groups is 2. The lowest BCUT2D eigenvalue weighted by Gasteiger charge is -2.30. The predicted molar refractivity (Wildman–Crippen MR) is 94.5 cm³/mol. The van der Waals surface area contributed by atoms with Crippen LogP contribution in [0.4, 0.5) is 13.2 Å². The molecular weight excluding hydrogens is 367 g/mol. The van der Waals surface area contributed by atoms with Crippen molar-refractivity contribution in [3.63, 3.8) is 0 Å². The molecule has 1 N–H and O–H groups in total. The van der Waals surface area contributed by atoms with Crippen LogP contribution in [0.3, 0.4) is 0 Å². The van der Waals surface area contributed by atoms with Gasteiger partial charge >= 0.3 is 6.18 Å². The van der Waals surface area contributed by atoms with E-state index in [9.17, 15) is 22.8 Å². The summed E-state index contributed by atoms with van der Waals surface area (Å²) < 4.78 is 38.2. The van der Waals surface area contributed by atoms with Crippen molar-refractivity contribution in [3.8, 4) is 0 Å². The van der Waals surface area contributed by atoms with Crippen molar-refractivity contribution in [2.75, 3.05) is 32.9 Å². The summed E-state index contributed by atoms with van der Waals surface area (Å²) in [4.78, 5) is 28.0. The van der Waals surface area contributed by atoms with Crippen molar-refractivity contribution in [1.82, 2.24) is 15.1 Å². The summed E-state index contributed by atoms with van der Waals surface area (Å²) in [5.74, 6) is -0.282. The fourth-order valence-corrected chi connectivity index (χ4v) is 3.89. The molecule has 26 heavy (non-hydrogen) atoms. The maximum atomic E-state index is 12.7. The fraction of sp³-hybridized carbons (Fsp3) is 0.529. The van der Waals surface area contributed by atoms with Crippen LogP contribution >= 0.6 is 11.8 Å². The van der Waals surface area contributed by atoms with Gasteiger partial charge in [-0.1, -0.05) is 12.1 Å². The van der Waals surface area contributed by atoms with E-state index in [1.165, 1.54) is 28.8 Å². The van der Waals surface area contributed by atoms with Gasteiger partial charge in [0.05, 0.1) is 11.3 Å². The number of thioether (sulfide) groups is 1. The van der Waals surface area contributed by atoms with E-state index in [0.29, 0.717) is 18.7 Å². The van der Waals surface area contributed by atoms with E-state index in [-0.39, 0.29) is 17.6 Å². The zero-order chi connectivity index (χ0) is 19.5. The van der Waals surface area contributed by atoms with Crippen LogP contribution in [0.15, 0.2) is 24.3 Å². The highest BCUT2D eigenvalue weighted by atomic mass is 32.2. The molecule has 1 saturated heterocycles. The number of alkyl halides is 3. The maximum absolute atomic E-state index is 12.7. The number of carbonyl (C=O) groups excluding carboxylic acids is 2. The van der Waals surface area contributed by atoms with E-state index in [1.54, 1.807) is 6.92 Å². The summed E-state index contributed by atoms with van der Waals surface area (Å²) in [6, 6.07) is 4.02. The van der Waals surface area contributed by atoms with Gasteiger partial charge in [0, 0.05) is 13.1 Å². The first kappa shape index (κ1) is 20.6. The van der Waals surface area contributed by atoms with E-state index in [0.717, 1.165) is 12.1 Å². The van der Waals surface area contributed by atoms with Gasteiger partial charge in [-0.25, -0.2) is 0 Å². The summed E-state index contributed by atoms with van der Waals surface area (Å²) in [6.07, 6.45) is -4.41. The molecular formula is C17H22F3N3O2S. The summed E-state index contributed by atoms with van der Waals surface area (Å²) in [6.45, 7) is 2.76. The van der Waals surface area contributed by atoms with Gasteiger partial charge in [0.25, 0.3) is 0 Å². The molecule has 0 unspecified atom stereocenters. The number of rotatable bonds is 6. The second-order valence-electron chi connectivity index (χ2n) is 6.35. The molecule has 1 aliphatic rings. The zero-order valence-electron chi connectivity index (χ0n) is 14.8. The van der Waals surface area contributed by atoms with E-state index in [2.05, 4.69) is 5.32 Å². The highest BCUT2D eigenvalue weighted by Gasteiger charge is 2.39. The number of benzene rings is 1. The monoisotopic (exact) mass is 389 g/mol. The van der Waals surface area contributed by atoms with Crippen LogP contribution in [-0.2, 0) is 15.8 Å². The lowest BCUT2D eigenvalue weighted by Crippen LogP contribution is -2.47. The summed E-state index contributed by atoms with van der Waals surface area (Å²) in [5.41, 5.74) is -0.168. The minimum Gasteiger partial charge on any atom is -0.353 e. The van der Waals surface area contributed by atoms with Crippen molar-refractivity contribution < 1.29 is 22.8 Å². The molecule has 1 aromatic carbocycles. The molecule has 5 nitrogen and oxygen atoms in total. The Morgan fingerprint density at radius 1 is 1.35 bits per heavy atom. The SMILES string of the molecule is C[C@@H](C(=O)NCCN(C)C)N1C(=O)CS[C@@H]1c1ccc(C(F)(F)F)cc1. The average molecular weight is 389 g/mol. The van der Waals surface area contributed by atoms with Gasteiger partial charge in [0.15, 0.2) is 0 Å². The molecule has 2 atom stereocenters. The lowest BCUT2D eigenvalue weighted by atomic mass is 10.1. The number of likely N-dealkylation sites (N-methyl/N-ethyl adjacent to an activating group) is 1. The van der Waals surface area contributed by atoms with Gasteiger partial charge in [-0.3, -0.25) is 9.59 Å². The molecule has 0 spiro atoms. The Bertz CT molecular complexity index is 650. The minimum absolute atomic E-state index is 0.195. The number of halogens is 3. The van der Waals surface area contributed by atoms with Crippen molar-refractivity contribution in [2.45, 2.75) is 24.5 Å². The van der Waals surface area contributed by atoms with Gasteiger partial charge in [-0.2, -0.15) is 13.2 Å². The molecule has 1 aromatic rings. The average Bonchev–Trinajstić information content (AvgIpc) is 2.94. The second kappa shape index (κ2) is 8.30. The van der Waals surface area contributed by atoms with Gasteiger partial charge in [-0.05, 0) is 38.7 Å². The number of hydrogen-bond acceptors (Lipinski definition) is 4. The third-order valence-electron chi connectivity index (χ3n) is 4.08. The molecule has 144 valence electrons. The molecule has 2 rings (SSSR count). The van der Waals surface area contributed by atoms with Crippen molar-refractivity contribution in [3.05, 3.63) is 35.4 Å². The molecule has 9 heteroatoms. The highest BCUT2D eigenvalue weighted by Crippen LogP contribution is 2.41. The van der Waals surface area contributed by atoms with Crippen molar-refractivity contribution in [2.24, 2.45) is 0 Å². The Kier molecular flexibility index (Phi) is 6.57. The Hall–Kier alpha value is -1.74. The molecule has 1 aliphatic heterocycles. The number of hydrogen-bond donors (Lipinski definition) is 1. The Labute approximate surface area is 154 Å². The first-order chi connectivity index (χ1) is 12.1. The molecule has 0 radical (unpaired) electrons. The highest BCUT2D eigenvalue weighted by molar-refractivity contribution is 8.00. The second-order valence-corrected chi connectivity index (χ2v) is 7.42. The Morgan fingerprint density at radius 2 is 1.96 bits per heavy atom. The predicted octanol–water partition coefficient (Wildman–Crippen LogP) is 2.35. The number of nitrogens with one attached hydrogen (secondary N) is 1. The Morgan fingerprint density at radius 3 is 2.50 bits per heavy atom. The summed E-state index contributed by atoms with van der Waals surface area (Å²) in [7, 11) is 3.77. The normalized spacial score (nSPS) is 19.1. The van der Waals surface area contributed by atoms with Crippen molar-refractivity contribution in [1.29, 1.82) is 0 Å². The van der Waals surface area contributed by atoms with E-state index < -0.39 is 23.2 Å². The third-order valence-corrected chi connectivity index (χ3v) is 5.31. The van der Waals surface area contributed by atoms with E-state index >= 15 is 0 Å². The zero-order valence-corrected chi connectivity index (χ0v) is 15.7. The van der Waals surface area contributed by atoms with E-state index in [1.807, 2.05) is 19.0 Å². The van der Waals surface area contributed by atoms with Gasteiger partial charge in [0.2, 0.25) is 11.8 Å². The molecule has 0 aliphatic carbocycles. The van der Waals surface area contributed by atoms with Gasteiger partial charge in [-0.15, -0.1) is 11.8 Å². The third kappa shape index (κ3) is 4.91. The van der Waals surface area contributed by atoms with Crippen LogP contribution in [0.5, 0.6) is 0 Å². The summed E-state index contributed by atoms with van der Waals surface area (Å²) >= 11 is 1.31. The fourth-order valence-electron chi connectivity index (χ4n) is 2.63. The smallest absolute Gasteiger partial charge is 0.353 e. The first-order valence-corrected chi connectivity index (χ1v) is 9.18. The summed E-state index contributed by atoms with van der Waals surface area (Å²) in [5, 5.41) is 2.31. The number of nitrogens with zero attached hydrogens (tertiary/aromatic N) is 2. The number of amides is 2. The Balaban J connectivity index is 2.11. The molecule has 0 aromatic heterocycles. The molecule has 2 amide bonds. The van der Waals surface area contributed by atoms with Crippen molar-refractivity contribution >= 4 is 23.6 Å². The van der Waals surface area contributed by atoms with Crippen LogP contribution in [0, 0.1) is 0 Å². The van der Waals surface area contributed by atoms with Crippen LogP contribution in [-0.4, -0.2) is 60.6 Å². The lowest BCUT2D eigenvalue weighted by molar-refractivity contribution is -0.138.